The molecular formula is C18H14ClO3P. The molecule has 0 amide bonds. The predicted octanol–water partition coefficient (Wildman–Crippen LogP) is 6.10. The van der Waals surface area contributed by atoms with Crippen LogP contribution < -0.4 is 13.6 Å². The molecule has 0 saturated carbocycles. The maximum Gasteiger partial charge on any atom is 0.530 e. The Labute approximate surface area is 141 Å². The van der Waals surface area contributed by atoms with Gasteiger partial charge in [0, 0.05) is 5.02 Å². The van der Waals surface area contributed by atoms with E-state index in [1.165, 1.54) is 0 Å². The number of para-hydroxylation sites is 2. The molecule has 0 radical (unpaired) electrons. The molecule has 3 aromatic rings. The van der Waals surface area contributed by atoms with Crippen LogP contribution in [0.4, 0.5) is 0 Å². The average Bonchev–Trinajstić information content (AvgIpc) is 2.59. The summed E-state index contributed by atoms with van der Waals surface area (Å²) in [4.78, 5) is 0. The zero-order valence-corrected chi connectivity index (χ0v) is 13.8. The smallest absolute Gasteiger partial charge is 0.409 e. The van der Waals surface area contributed by atoms with Crippen molar-refractivity contribution in [3.63, 3.8) is 0 Å². The minimum absolute atomic E-state index is 0.632. The van der Waals surface area contributed by atoms with Crippen molar-refractivity contribution in [1.82, 2.24) is 0 Å². The molecule has 0 saturated heterocycles. The van der Waals surface area contributed by atoms with E-state index < -0.39 is 8.60 Å². The van der Waals surface area contributed by atoms with E-state index >= 15 is 0 Å². The van der Waals surface area contributed by atoms with Crippen molar-refractivity contribution in [2.75, 3.05) is 0 Å². The van der Waals surface area contributed by atoms with E-state index in [1.54, 1.807) is 24.3 Å². The molecule has 3 rings (SSSR count). The predicted molar refractivity (Wildman–Crippen MR) is 93.1 cm³/mol. The second-order valence-corrected chi connectivity index (χ2v) is 6.01. The molecule has 5 heteroatoms. The fraction of sp³-hybridized carbons (Fsp3) is 0. The van der Waals surface area contributed by atoms with Crippen LogP contribution in [0.2, 0.25) is 5.02 Å². The first-order valence-electron chi connectivity index (χ1n) is 6.99. The molecular weight excluding hydrogens is 331 g/mol. The van der Waals surface area contributed by atoms with Gasteiger partial charge in [0.15, 0.2) is 0 Å². The Hall–Kier alpha value is -2.22. The quantitative estimate of drug-likeness (QED) is 0.505. The van der Waals surface area contributed by atoms with Crippen LogP contribution >= 0.6 is 20.2 Å². The highest BCUT2D eigenvalue weighted by Gasteiger charge is 2.19. The first-order chi connectivity index (χ1) is 11.3. The SMILES string of the molecule is Clc1ccc(OP(Oc2ccccc2)Oc2ccccc2)cc1. The first kappa shape index (κ1) is 15.7. The molecule has 23 heavy (non-hydrogen) atoms. The number of hydrogen-bond donors (Lipinski definition) is 0. The van der Waals surface area contributed by atoms with Gasteiger partial charge in [0.05, 0.1) is 0 Å². The standard InChI is InChI=1S/C18H14ClO3P/c19-15-11-13-18(14-12-15)22-23(20-16-7-3-1-4-8-16)21-17-9-5-2-6-10-17/h1-14H. The van der Waals surface area contributed by atoms with Crippen molar-refractivity contribution < 1.29 is 13.6 Å². The molecule has 0 unspecified atom stereocenters. The van der Waals surface area contributed by atoms with Crippen LogP contribution in [0.15, 0.2) is 84.9 Å². The van der Waals surface area contributed by atoms with Crippen LogP contribution in [0.3, 0.4) is 0 Å². The summed E-state index contributed by atoms with van der Waals surface area (Å²) in [5.74, 6) is 2.00. The van der Waals surface area contributed by atoms with Gasteiger partial charge in [0.25, 0.3) is 0 Å². The van der Waals surface area contributed by atoms with E-state index in [-0.39, 0.29) is 0 Å². The zero-order valence-electron chi connectivity index (χ0n) is 12.1. The third-order valence-corrected chi connectivity index (χ3v) is 4.17. The normalized spacial score (nSPS) is 10.3. The highest BCUT2D eigenvalue weighted by atomic mass is 35.5. The Morgan fingerprint density at radius 2 is 0.913 bits per heavy atom. The van der Waals surface area contributed by atoms with Crippen molar-refractivity contribution >= 4 is 20.2 Å². The Kier molecular flexibility index (Phi) is 5.36. The van der Waals surface area contributed by atoms with E-state index in [0.29, 0.717) is 22.3 Å². The summed E-state index contributed by atoms with van der Waals surface area (Å²) in [6.45, 7) is 0. The van der Waals surface area contributed by atoms with Crippen molar-refractivity contribution in [3.8, 4) is 17.2 Å². The monoisotopic (exact) mass is 344 g/mol. The van der Waals surface area contributed by atoms with Gasteiger partial charge in [-0.25, -0.2) is 0 Å². The highest BCUT2D eigenvalue weighted by Crippen LogP contribution is 2.42. The molecule has 0 spiro atoms. The van der Waals surface area contributed by atoms with Crippen LogP contribution in [0.25, 0.3) is 0 Å². The molecule has 0 fully saturated rings. The van der Waals surface area contributed by atoms with Crippen LogP contribution in [0, 0.1) is 0 Å². The fourth-order valence-electron chi connectivity index (χ4n) is 1.77. The van der Waals surface area contributed by atoms with Gasteiger partial charge in [-0.1, -0.05) is 48.0 Å². The summed E-state index contributed by atoms with van der Waals surface area (Å²) in [5.41, 5.74) is 0. The van der Waals surface area contributed by atoms with Crippen LogP contribution in [-0.2, 0) is 0 Å². The van der Waals surface area contributed by atoms with E-state index in [2.05, 4.69) is 0 Å². The summed E-state index contributed by atoms with van der Waals surface area (Å²) in [5, 5.41) is 0.648. The second-order valence-electron chi connectivity index (χ2n) is 4.58. The third kappa shape index (κ3) is 4.88. The molecule has 0 N–H and O–H groups in total. The Bertz CT molecular complexity index is 679. The molecule has 3 aromatic carbocycles. The summed E-state index contributed by atoms with van der Waals surface area (Å²) >= 11 is 5.89. The topological polar surface area (TPSA) is 27.7 Å². The van der Waals surface area contributed by atoms with Gasteiger partial charge in [-0.05, 0) is 48.5 Å². The third-order valence-electron chi connectivity index (χ3n) is 2.84. The lowest BCUT2D eigenvalue weighted by molar-refractivity contribution is 0.388. The van der Waals surface area contributed by atoms with Crippen molar-refractivity contribution in [3.05, 3.63) is 90.0 Å². The van der Waals surface area contributed by atoms with Crippen molar-refractivity contribution in [1.29, 1.82) is 0 Å². The lowest BCUT2D eigenvalue weighted by atomic mass is 10.3. The molecule has 3 nitrogen and oxygen atoms in total. The minimum Gasteiger partial charge on any atom is -0.409 e. The van der Waals surface area contributed by atoms with E-state index in [9.17, 15) is 0 Å². The summed E-state index contributed by atoms with van der Waals surface area (Å²) in [7, 11) is -1.64. The molecule has 0 atom stereocenters. The number of hydrogen-bond acceptors (Lipinski definition) is 3. The lowest BCUT2D eigenvalue weighted by Crippen LogP contribution is -2.02. The average molecular weight is 345 g/mol. The van der Waals surface area contributed by atoms with E-state index in [4.69, 9.17) is 25.2 Å². The van der Waals surface area contributed by atoms with E-state index in [1.807, 2.05) is 60.7 Å². The number of benzene rings is 3. The molecule has 0 heterocycles. The summed E-state index contributed by atoms with van der Waals surface area (Å²) in [6, 6.07) is 25.9. The molecule has 0 aromatic heterocycles. The Balaban J connectivity index is 1.76. The highest BCUT2D eigenvalue weighted by molar-refractivity contribution is 7.43. The fourth-order valence-corrected chi connectivity index (χ4v) is 2.89. The molecule has 0 aliphatic heterocycles. The van der Waals surface area contributed by atoms with Gasteiger partial charge >= 0.3 is 8.60 Å². The maximum absolute atomic E-state index is 5.89. The van der Waals surface area contributed by atoms with Gasteiger partial charge in [-0.2, -0.15) is 0 Å². The summed E-state index contributed by atoms with van der Waals surface area (Å²) < 4.78 is 17.5. The van der Waals surface area contributed by atoms with Crippen molar-refractivity contribution in [2.24, 2.45) is 0 Å². The number of rotatable bonds is 6. The minimum atomic E-state index is -1.64. The molecule has 116 valence electrons. The molecule has 0 aliphatic carbocycles. The van der Waals surface area contributed by atoms with Gasteiger partial charge in [0.1, 0.15) is 17.2 Å². The van der Waals surface area contributed by atoms with Crippen LogP contribution in [0.1, 0.15) is 0 Å². The van der Waals surface area contributed by atoms with E-state index in [0.717, 1.165) is 0 Å². The lowest BCUT2D eigenvalue weighted by Gasteiger charge is -2.17. The molecule has 0 aliphatic rings. The van der Waals surface area contributed by atoms with Crippen LogP contribution in [0.5, 0.6) is 17.2 Å². The zero-order chi connectivity index (χ0) is 15.9. The van der Waals surface area contributed by atoms with Gasteiger partial charge in [0.2, 0.25) is 0 Å². The number of halogens is 1. The van der Waals surface area contributed by atoms with Crippen molar-refractivity contribution in [2.45, 2.75) is 0 Å². The Morgan fingerprint density at radius 1 is 0.522 bits per heavy atom. The second kappa shape index (κ2) is 7.87. The van der Waals surface area contributed by atoms with Crippen LogP contribution in [-0.4, -0.2) is 0 Å². The summed E-state index contributed by atoms with van der Waals surface area (Å²) in [6.07, 6.45) is 0. The van der Waals surface area contributed by atoms with Gasteiger partial charge in [-0.15, -0.1) is 0 Å². The van der Waals surface area contributed by atoms with Gasteiger partial charge < -0.3 is 13.6 Å². The Morgan fingerprint density at radius 3 is 1.35 bits per heavy atom. The first-order valence-corrected chi connectivity index (χ1v) is 8.47. The van der Waals surface area contributed by atoms with Gasteiger partial charge in [-0.3, -0.25) is 0 Å². The largest absolute Gasteiger partial charge is 0.530 e. The maximum atomic E-state index is 5.89. The molecule has 0 bridgehead atoms.